The molecular formula is C25H36N2O5S. The van der Waals surface area contributed by atoms with Crippen LogP contribution in [0, 0.1) is 6.92 Å². The van der Waals surface area contributed by atoms with E-state index in [1.807, 2.05) is 18.2 Å². The van der Waals surface area contributed by atoms with E-state index in [0.29, 0.717) is 53.6 Å². The third-order valence-corrected chi connectivity index (χ3v) is 7.92. The molecule has 0 N–H and O–H groups in total. The number of rotatable bonds is 11. The van der Waals surface area contributed by atoms with Crippen LogP contribution in [0.3, 0.4) is 0 Å². The van der Waals surface area contributed by atoms with Crippen LogP contribution < -0.4 is 4.74 Å². The zero-order valence-corrected chi connectivity index (χ0v) is 21.0. The highest BCUT2D eigenvalue weighted by Crippen LogP contribution is 2.26. The van der Waals surface area contributed by atoms with E-state index >= 15 is 0 Å². The molecule has 1 aliphatic rings. The number of methoxy groups -OCH3 is 1. The molecule has 2 heterocycles. The molecule has 2 atom stereocenters. The van der Waals surface area contributed by atoms with E-state index in [2.05, 4.69) is 23.7 Å². The van der Waals surface area contributed by atoms with Gasteiger partial charge in [-0.15, -0.1) is 0 Å². The van der Waals surface area contributed by atoms with E-state index in [1.165, 1.54) is 19.3 Å². The number of ether oxygens (including phenoxy) is 1. The van der Waals surface area contributed by atoms with Crippen LogP contribution in [0.4, 0.5) is 0 Å². The largest absolute Gasteiger partial charge is 0.497 e. The van der Waals surface area contributed by atoms with Gasteiger partial charge in [-0.3, -0.25) is 9.69 Å². The number of unbranched alkanes of at least 4 members (excludes halogenated alkanes) is 1. The van der Waals surface area contributed by atoms with E-state index in [9.17, 15) is 13.2 Å². The molecule has 1 aromatic carbocycles. The average molecular weight is 477 g/mol. The Morgan fingerprint density at radius 2 is 1.94 bits per heavy atom. The van der Waals surface area contributed by atoms with Gasteiger partial charge in [0.25, 0.3) is 0 Å². The summed E-state index contributed by atoms with van der Waals surface area (Å²) in [6.07, 6.45) is 5.65. The molecule has 2 aromatic rings. The predicted octanol–water partition coefficient (Wildman–Crippen LogP) is 4.58. The second-order valence-corrected chi connectivity index (χ2v) is 11.2. The van der Waals surface area contributed by atoms with Crippen LogP contribution in [0.25, 0.3) is 11.5 Å². The molecule has 0 bridgehead atoms. The van der Waals surface area contributed by atoms with Crippen LogP contribution in [-0.4, -0.2) is 55.6 Å². The molecule has 2 unspecified atom stereocenters. The predicted molar refractivity (Wildman–Crippen MR) is 129 cm³/mol. The highest BCUT2D eigenvalue weighted by Gasteiger charge is 2.25. The number of aromatic nitrogens is 1. The van der Waals surface area contributed by atoms with Crippen molar-refractivity contribution in [1.82, 2.24) is 9.88 Å². The van der Waals surface area contributed by atoms with Gasteiger partial charge in [0.05, 0.1) is 18.6 Å². The Morgan fingerprint density at radius 1 is 1.21 bits per heavy atom. The minimum absolute atomic E-state index is 0.232. The molecule has 0 saturated carbocycles. The van der Waals surface area contributed by atoms with Gasteiger partial charge in [-0.05, 0) is 71.2 Å². The standard InChI is InChI=1S/C25H36N2O5S/c1-18-9-7-10-19(2)27(18)14-6-5-12-22(28)16-33(29,30)17-24-20(3)32-25(26-24)21-11-8-13-23(15-21)31-4/h8,11,13,15,18-19H,5-7,9-10,12,14,16-17H2,1-4H3. The minimum atomic E-state index is -3.62. The number of piperidine rings is 1. The summed E-state index contributed by atoms with van der Waals surface area (Å²) in [5.74, 6) is 0.444. The fraction of sp³-hybridized carbons (Fsp3) is 0.600. The number of hydrogen-bond donors (Lipinski definition) is 0. The Hall–Kier alpha value is -2.19. The number of oxazole rings is 1. The maximum Gasteiger partial charge on any atom is 0.226 e. The lowest BCUT2D eigenvalue weighted by atomic mass is 9.97. The van der Waals surface area contributed by atoms with Crippen LogP contribution in [0.5, 0.6) is 5.75 Å². The maximum atomic E-state index is 12.6. The number of hydrogen-bond acceptors (Lipinski definition) is 7. The molecule has 3 rings (SSSR count). The number of nitrogens with zero attached hydrogens (tertiary/aromatic N) is 2. The van der Waals surface area contributed by atoms with E-state index in [-0.39, 0.29) is 11.5 Å². The van der Waals surface area contributed by atoms with E-state index in [4.69, 9.17) is 9.15 Å². The fourth-order valence-corrected chi connectivity index (χ4v) is 5.97. The van der Waals surface area contributed by atoms with Crippen molar-refractivity contribution in [1.29, 1.82) is 0 Å². The molecular weight excluding hydrogens is 440 g/mol. The van der Waals surface area contributed by atoms with Crippen LogP contribution in [0.15, 0.2) is 28.7 Å². The number of benzene rings is 1. The minimum Gasteiger partial charge on any atom is -0.497 e. The summed E-state index contributed by atoms with van der Waals surface area (Å²) in [6, 6.07) is 8.38. The Balaban J connectivity index is 1.50. The number of carbonyl (C=O) groups excluding carboxylic acids is 1. The summed E-state index contributed by atoms with van der Waals surface area (Å²) in [6.45, 7) is 7.18. The lowest BCUT2D eigenvalue weighted by molar-refractivity contribution is -0.116. The lowest BCUT2D eigenvalue weighted by Crippen LogP contribution is -2.44. The first kappa shape index (κ1) is 25.4. The zero-order chi connectivity index (χ0) is 24.0. The lowest BCUT2D eigenvalue weighted by Gasteiger charge is -2.39. The van der Waals surface area contributed by atoms with Crippen LogP contribution in [-0.2, 0) is 20.4 Å². The SMILES string of the molecule is COc1cccc(-c2nc(CS(=O)(=O)CC(=O)CCCCN3C(C)CCCC3C)c(C)o2)c1. The van der Waals surface area contributed by atoms with Gasteiger partial charge in [0, 0.05) is 24.1 Å². The van der Waals surface area contributed by atoms with Crippen molar-refractivity contribution in [2.45, 2.75) is 77.1 Å². The van der Waals surface area contributed by atoms with E-state index in [1.54, 1.807) is 20.1 Å². The number of Topliss-reactive ketones (excluding diaryl/α,β-unsaturated/α-hetero) is 1. The molecule has 1 aliphatic heterocycles. The van der Waals surface area contributed by atoms with E-state index in [0.717, 1.165) is 13.0 Å². The van der Waals surface area contributed by atoms with Crippen molar-refractivity contribution < 1.29 is 22.4 Å². The van der Waals surface area contributed by atoms with Gasteiger partial charge < -0.3 is 9.15 Å². The van der Waals surface area contributed by atoms with Gasteiger partial charge in [0.2, 0.25) is 5.89 Å². The van der Waals surface area contributed by atoms with Crippen molar-refractivity contribution >= 4 is 15.6 Å². The number of sulfone groups is 1. The average Bonchev–Trinajstić information content (AvgIpc) is 3.12. The second-order valence-electron chi connectivity index (χ2n) is 9.15. The molecule has 7 nitrogen and oxygen atoms in total. The maximum absolute atomic E-state index is 12.6. The Labute approximate surface area is 197 Å². The number of ketones is 1. The van der Waals surface area contributed by atoms with Crippen LogP contribution in [0.1, 0.15) is 63.8 Å². The molecule has 0 aliphatic carbocycles. The van der Waals surface area contributed by atoms with E-state index < -0.39 is 15.6 Å². The number of carbonyl (C=O) groups is 1. The molecule has 1 fully saturated rings. The van der Waals surface area contributed by atoms with Crippen molar-refractivity contribution in [3.8, 4) is 17.2 Å². The van der Waals surface area contributed by atoms with Crippen molar-refractivity contribution in [3.63, 3.8) is 0 Å². The molecule has 0 radical (unpaired) electrons. The molecule has 0 amide bonds. The Bertz CT molecular complexity index is 1040. The highest BCUT2D eigenvalue weighted by molar-refractivity contribution is 7.91. The quantitative estimate of drug-likeness (QED) is 0.439. The van der Waals surface area contributed by atoms with Gasteiger partial charge in [-0.2, -0.15) is 0 Å². The summed E-state index contributed by atoms with van der Waals surface area (Å²) >= 11 is 0. The normalized spacial score (nSPS) is 19.5. The van der Waals surface area contributed by atoms with Gasteiger partial charge in [0.1, 0.15) is 23.0 Å². The van der Waals surface area contributed by atoms with Crippen LogP contribution in [0.2, 0.25) is 0 Å². The number of aryl methyl sites for hydroxylation is 1. The fourth-order valence-electron chi connectivity index (χ4n) is 4.55. The molecule has 0 spiro atoms. The monoisotopic (exact) mass is 476 g/mol. The number of likely N-dealkylation sites (tertiary alicyclic amines) is 1. The van der Waals surface area contributed by atoms with Crippen molar-refractivity contribution in [3.05, 3.63) is 35.7 Å². The highest BCUT2D eigenvalue weighted by atomic mass is 32.2. The van der Waals surface area contributed by atoms with Gasteiger partial charge >= 0.3 is 0 Å². The third-order valence-electron chi connectivity index (χ3n) is 6.44. The van der Waals surface area contributed by atoms with Gasteiger partial charge in [0.15, 0.2) is 9.84 Å². The second kappa shape index (κ2) is 11.3. The molecule has 182 valence electrons. The summed E-state index contributed by atoms with van der Waals surface area (Å²) in [7, 11) is -2.05. The topological polar surface area (TPSA) is 89.7 Å². The third kappa shape index (κ3) is 7.14. The van der Waals surface area contributed by atoms with Crippen LogP contribution >= 0.6 is 0 Å². The Morgan fingerprint density at radius 3 is 2.64 bits per heavy atom. The summed E-state index contributed by atoms with van der Waals surface area (Å²) < 4.78 is 36.2. The molecule has 1 aromatic heterocycles. The van der Waals surface area contributed by atoms with Crippen molar-refractivity contribution in [2.75, 3.05) is 19.4 Å². The smallest absolute Gasteiger partial charge is 0.226 e. The first-order valence-corrected chi connectivity index (χ1v) is 13.6. The van der Waals surface area contributed by atoms with Gasteiger partial charge in [-0.1, -0.05) is 12.5 Å². The first-order valence-electron chi connectivity index (χ1n) is 11.8. The molecule has 8 heteroatoms. The summed E-state index contributed by atoms with van der Waals surface area (Å²) in [4.78, 5) is 19.2. The molecule has 33 heavy (non-hydrogen) atoms. The zero-order valence-electron chi connectivity index (χ0n) is 20.2. The Kier molecular flexibility index (Phi) is 8.70. The van der Waals surface area contributed by atoms with Gasteiger partial charge in [-0.25, -0.2) is 13.4 Å². The van der Waals surface area contributed by atoms with Crippen molar-refractivity contribution in [2.24, 2.45) is 0 Å². The summed E-state index contributed by atoms with van der Waals surface area (Å²) in [5.41, 5.74) is 1.04. The summed E-state index contributed by atoms with van der Waals surface area (Å²) in [5, 5.41) is 0. The molecule has 1 saturated heterocycles. The first-order chi connectivity index (χ1) is 15.7.